The molecule has 1 aliphatic rings. The number of hydrogen-bond acceptors (Lipinski definition) is 1. The summed E-state index contributed by atoms with van der Waals surface area (Å²) in [5.41, 5.74) is 0.979. The van der Waals surface area contributed by atoms with Gasteiger partial charge >= 0.3 is 0 Å². The van der Waals surface area contributed by atoms with E-state index < -0.39 is 0 Å². The van der Waals surface area contributed by atoms with Gasteiger partial charge in [-0.1, -0.05) is 12.1 Å². The number of hydrogen-bond donors (Lipinski definition) is 1. The van der Waals surface area contributed by atoms with Gasteiger partial charge in [-0.25, -0.2) is 4.39 Å². The quantitative estimate of drug-likeness (QED) is 0.699. The van der Waals surface area contributed by atoms with Crippen molar-refractivity contribution in [3.63, 3.8) is 0 Å². The minimum atomic E-state index is -0.243. The Labute approximate surface area is 75.8 Å². The molecule has 2 nitrogen and oxygen atoms in total. The lowest BCUT2D eigenvalue weighted by molar-refractivity contribution is -0.119. The van der Waals surface area contributed by atoms with Crippen molar-refractivity contribution >= 4 is 5.91 Å². The van der Waals surface area contributed by atoms with E-state index in [4.69, 9.17) is 0 Å². The molecule has 1 heterocycles. The molecule has 68 valence electrons. The fourth-order valence-electron chi connectivity index (χ4n) is 1.56. The molecule has 1 aromatic carbocycles. The fraction of sp³-hybridized carbons (Fsp3) is 0.300. The van der Waals surface area contributed by atoms with Gasteiger partial charge in [-0.3, -0.25) is 4.79 Å². The Kier molecular flexibility index (Phi) is 2.00. The van der Waals surface area contributed by atoms with E-state index in [-0.39, 0.29) is 17.8 Å². The van der Waals surface area contributed by atoms with Gasteiger partial charge in [0.2, 0.25) is 5.91 Å². The highest BCUT2D eigenvalue weighted by Gasteiger charge is 2.21. The van der Waals surface area contributed by atoms with Gasteiger partial charge in [-0.15, -0.1) is 0 Å². The van der Waals surface area contributed by atoms with Gasteiger partial charge in [0.1, 0.15) is 5.82 Å². The summed E-state index contributed by atoms with van der Waals surface area (Å²) in [6.45, 7) is 0. The summed E-state index contributed by atoms with van der Waals surface area (Å²) in [5.74, 6) is -0.164. The van der Waals surface area contributed by atoms with E-state index in [2.05, 4.69) is 5.32 Å². The smallest absolute Gasteiger partial charge is 0.220 e. The summed E-state index contributed by atoms with van der Waals surface area (Å²) in [6, 6.07) is 6.34. The average Bonchev–Trinajstić information content (AvgIpc) is 2.53. The van der Waals surface area contributed by atoms with Crippen LogP contribution in [0.5, 0.6) is 0 Å². The Morgan fingerprint density at radius 1 is 1.31 bits per heavy atom. The monoisotopic (exact) mass is 179 g/mol. The van der Waals surface area contributed by atoms with Crippen molar-refractivity contribution in [1.82, 2.24) is 5.32 Å². The molecule has 1 aromatic rings. The van der Waals surface area contributed by atoms with Gasteiger partial charge in [0.05, 0.1) is 6.04 Å². The molecule has 0 saturated carbocycles. The molecule has 1 N–H and O–H groups in total. The van der Waals surface area contributed by atoms with E-state index in [9.17, 15) is 9.18 Å². The van der Waals surface area contributed by atoms with Gasteiger partial charge < -0.3 is 5.32 Å². The van der Waals surface area contributed by atoms with Gasteiger partial charge in [0.25, 0.3) is 0 Å². The first-order chi connectivity index (χ1) is 6.25. The number of carbonyl (C=O) groups is 1. The fourth-order valence-corrected chi connectivity index (χ4v) is 1.56. The molecular formula is C10H10FNO. The zero-order valence-electron chi connectivity index (χ0n) is 7.09. The standard InChI is InChI=1S/C10H10FNO/c11-8-3-1-7(2-4-8)9-5-6-10(13)12-9/h1-4,9H,5-6H2,(H,12,13). The van der Waals surface area contributed by atoms with E-state index >= 15 is 0 Å². The minimum absolute atomic E-state index is 0.0769. The molecule has 3 heteroatoms. The molecule has 1 amide bonds. The van der Waals surface area contributed by atoms with Crippen LogP contribution in [0.15, 0.2) is 24.3 Å². The second-order valence-electron chi connectivity index (χ2n) is 3.21. The maximum absolute atomic E-state index is 12.6. The first-order valence-electron chi connectivity index (χ1n) is 4.30. The molecule has 13 heavy (non-hydrogen) atoms. The number of rotatable bonds is 1. The van der Waals surface area contributed by atoms with E-state index in [1.807, 2.05) is 0 Å². The summed E-state index contributed by atoms with van der Waals surface area (Å²) in [5, 5.41) is 2.83. The predicted octanol–water partition coefficient (Wildman–Crippen LogP) is 1.78. The van der Waals surface area contributed by atoms with Crippen LogP contribution >= 0.6 is 0 Å². The highest BCUT2D eigenvalue weighted by Crippen LogP contribution is 2.23. The van der Waals surface area contributed by atoms with Crippen LogP contribution in [0.25, 0.3) is 0 Å². The van der Waals surface area contributed by atoms with Crippen molar-refractivity contribution in [2.24, 2.45) is 0 Å². The Morgan fingerprint density at radius 3 is 2.54 bits per heavy atom. The summed E-state index contributed by atoms with van der Waals surface area (Å²) < 4.78 is 12.6. The van der Waals surface area contributed by atoms with E-state index in [1.165, 1.54) is 12.1 Å². The van der Waals surface area contributed by atoms with Crippen LogP contribution < -0.4 is 5.32 Å². The lowest BCUT2D eigenvalue weighted by Crippen LogP contribution is -2.18. The number of benzene rings is 1. The summed E-state index contributed by atoms with van der Waals surface area (Å²) in [6.07, 6.45) is 1.38. The highest BCUT2D eigenvalue weighted by atomic mass is 19.1. The number of carbonyl (C=O) groups excluding carboxylic acids is 1. The van der Waals surface area contributed by atoms with Crippen molar-refractivity contribution in [1.29, 1.82) is 0 Å². The second kappa shape index (κ2) is 3.17. The molecule has 1 aliphatic heterocycles. The lowest BCUT2D eigenvalue weighted by atomic mass is 10.1. The molecule has 0 radical (unpaired) electrons. The highest BCUT2D eigenvalue weighted by molar-refractivity contribution is 5.78. The maximum atomic E-state index is 12.6. The van der Waals surface area contributed by atoms with Crippen LogP contribution in [0, 0.1) is 5.82 Å². The summed E-state index contributed by atoms with van der Waals surface area (Å²) >= 11 is 0. The molecule has 1 unspecified atom stereocenters. The van der Waals surface area contributed by atoms with E-state index in [0.29, 0.717) is 6.42 Å². The first-order valence-corrected chi connectivity index (χ1v) is 4.30. The third-order valence-electron chi connectivity index (χ3n) is 2.27. The van der Waals surface area contributed by atoms with Crippen molar-refractivity contribution in [3.8, 4) is 0 Å². The molecular weight excluding hydrogens is 169 g/mol. The Hall–Kier alpha value is -1.38. The van der Waals surface area contributed by atoms with Crippen LogP contribution in [0.3, 0.4) is 0 Å². The van der Waals surface area contributed by atoms with Crippen molar-refractivity contribution in [2.75, 3.05) is 0 Å². The van der Waals surface area contributed by atoms with Crippen LogP contribution in [-0.2, 0) is 4.79 Å². The van der Waals surface area contributed by atoms with Crippen molar-refractivity contribution in [2.45, 2.75) is 18.9 Å². The molecule has 2 rings (SSSR count). The van der Waals surface area contributed by atoms with Crippen LogP contribution in [0.4, 0.5) is 4.39 Å². The number of amides is 1. The van der Waals surface area contributed by atoms with Crippen LogP contribution in [-0.4, -0.2) is 5.91 Å². The molecule has 1 saturated heterocycles. The molecule has 0 spiro atoms. The van der Waals surface area contributed by atoms with Gasteiger partial charge in [0, 0.05) is 6.42 Å². The van der Waals surface area contributed by atoms with Gasteiger partial charge in [-0.05, 0) is 24.1 Å². The maximum Gasteiger partial charge on any atom is 0.220 e. The molecule has 1 atom stereocenters. The van der Waals surface area contributed by atoms with Gasteiger partial charge in [-0.2, -0.15) is 0 Å². The molecule has 0 aromatic heterocycles. The van der Waals surface area contributed by atoms with E-state index in [1.54, 1.807) is 12.1 Å². The Morgan fingerprint density at radius 2 is 2.00 bits per heavy atom. The predicted molar refractivity (Wildman–Crippen MR) is 46.5 cm³/mol. The third kappa shape index (κ3) is 1.69. The van der Waals surface area contributed by atoms with Crippen molar-refractivity contribution < 1.29 is 9.18 Å². The first kappa shape index (κ1) is 8.23. The number of halogens is 1. The lowest BCUT2D eigenvalue weighted by Gasteiger charge is -2.09. The zero-order valence-corrected chi connectivity index (χ0v) is 7.09. The third-order valence-corrected chi connectivity index (χ3v) is 2.27. The SMILES string of the molecule is O=C1CCC(c2ccc(F)cc2)N1. The van der Waals surface area contributed by atoms with E-state index in [0.717, 1.165) is 12.0 Å². The normalized spacial score (nSPS) is 21.6. The van der Waals surface area contributed by atoms with Crippen molar-refractivity contribution in [3.05, 3.63) is 35.6 Å². The van der Waals surface area contributed by atoms with Crippen LogP contribution in [0.2, 0.25) is 0 Å². The largest absolute Gasteiger partial charge is 0.349 e. The molecule has 1 fully saturated rings. The molecule has 0 bridgehead atoms. The molecule has 0 aliphatic carbocycles. The number of nitrogens with one attached hydrogen (secondary N) is 1. The van der Waals surface area contributed by atoms with Crippen LogP contribution in [0.1, 0.15) is 24.4 Å². The summed E-state index contributed by atoms with van der Waals surface area (Å²) in [7, 11) is 0. The van der Waals surface area contributed by atoms with Gasteiger partial charge in [0.15, 0.2) is 0 Å². The Balaban J connectivity index is 2.17. The Bertz CT molecular complexity index is 320. The second-order valence-corrected chi connectivity index (χ2v) is 3.21. The average molecular weight is 179 g/mol. The minimum Gasteiger partial charge on any atom is -0.349 e. The summed E-state index contributed by atoms with van der Waals surface area (Å²) in [4.78, 5) is 10.9. The topological polar surface area (TPSA) is 29.1 Å². The zero-order chi connectivity index (χ0) is 9.26.